The van der Waals surface area contributed by atoms with Gasteiger partial charge in [-0.1, -0.05) is 64.2 Å². The molecule has 0 spiro atoms. The standard InChI is InChI=1S/C28H42N2O6S/c1-4-11-23(29-26(32)16-17-37(35,36)22-14-9-6-10-15-22)28(34)30-24(19-21-12-7-5-8-13-21)27(33)25(31)18-20(2)3/h1,6,9-10,14-15,20-21,23-25,27,31,33H,5,7-8,11-13,16-19H2,2-3H3,(H,29,32)(H,30,34)/t23-,24+,25+,27-/m1/s1. The molecule has 1 fully saturated rings. The van der Waals surface area contributed by atoms with Gasteiger partial charge in [-0.2, -0.15) is 0 Å². The van der Waals surface area contributed by atoms with Gasteiger partial charge in [-0.3, -0.25) is 9.59 Å². The van der Waals surface area contributed by atoms with E-state index in [-0.39, 0.29) is 23.7 Å². The van der Waals surface area contributed by atoms with Crippen LogP contribution in [0.25, 0.3) is 0 Å². The lowest BCUT2D eigenvalue weighted by Crippen LogP contribution is -2.55. The zero-order valence-corrected chi connectivity index (χ0v) is 22.8. The highest BCUT2D eigenvalue weighted by atomic mass is 32.2. The van der Waals surface area contributed by atoms with Gasteiger partial charge >= 0.3 is 0 Å². The van der Waals surface area contributed by atoms with Gasteiger partial charge in [0.2, 0.25) is 11.8 Å². The second-order valence-corrected chi connectivity index (χ2v) is 12.6. The van der Waals surface area contributed by atoms with Gasteiger partial charge in [0, 0.05) is 12.8 Å². The van der Waals surface area contributed by atoms with E-state index in [1.54, 1.807) is 18.2 Å². The third-order valence-corrected chi connectivity index (χ3v) is 8.56. The third kappa shape index (κ3) is 10.5. The van der Waals surface area contributed by atoms with E-state index in [0.29, 0.717) is 18.8 Å². The van der Waals surface area contributed by atoms with Crippen molar-refractivity contribution in [3.63, 3.8) is 0 Å². The van der Waals surface area contributed by atoms with E-state index in [4.69, 9.17) is 6.42 Å². The van der Waals surface area contributed by atoms with Crippen LogP contribution in [0.1, 0.15) is 71.6 Å². The van der Waals surface area contributed by atoms with Crippen molar-refractivity contribution in [2.75, 3.05) is 5.75 Å². The molecule has 0 heterocycles. The molecule has 0 bridgehead atoms. The molecule has 1 aliphatic carbocycles. The second-order valence-electron chi connectivity index (χ2n) is 10.5. The van der Waals surface area contributed by atoms with E-state index >= 15 is 0 Å². The molecule has 8 nitrogen and oxygen atoms in total. The highest BCUT2D eigenvalue weighted by Crippen LogP contribution is 2.29. The number of nitrogens with one attached hydrogen (secondary N) is 2. The van der Waals surface area contributed by atoms with E-state index in [9.17, 15) is 28.2 Å². The van der Waals surface area contributed by atoms with Crippen LogP contribution in [-0.4, -0.2) is 60.5 Å². The van der Waals surface area contributed by atoms with Gasteiger partial charge in [-0.15, -0.1) is 12.3 Å². The van der Waals surface area contributed by atoms with Crippen molar-refractivity contribution in [3.05, 3.63) is 30.3 Å². The van der Waals surface area contributed by atoms with Crippen molar-refractivity contribution in [1.82, 2.24) is 10.6 Å². The van der Waals surface area contributed by atoms with Gasteiger partial charge < -0.3 is 20.8 Å². The lowest BCUT2D eigenvalue weighted by Gasteiger charge is -2.33. The molecule has 1 aliphatic rings. The average Bonchev–Trinajstić information content (AvgIpc) is 2.87. The summed E-state index contributed by atoms with van der Waals surface area (Å²) in [5.41, 5.74) is 0. The third-order valence-electron chi connectivity index (χ3n) is 6.83. The Morgan fingerprint density at radius 1 is 1.08 bits per heavy atom. The number of amides is 2. The lowest BCUT2D eigenvalue weighted by atomic mass is 9.82. The topological polar surface area (TPSA) is 133 Å². The van der Waals surface area contributed by atoms with E-state index < -0.39 is 51.7 Å². The van der Waals surface area contributed by atoms with Gasteiger partial charge in [0.25, 0.3) is 0 Å². The molecule has 0 aromatic heterocycles. The molecule has 4 atom stereocenters. The van der Waals surface area contributed by atoms with Crippen LogP contribution in [0.3, 0.4) is 0 Å². The van der Waals surface area contributed by atoms with Gasteiger partial charge in [0.15, 0.2) is 9.84 Å². The molecule has 9 heteroatoms. The van der Waals surface area contributed by atoms with Crippen LogP contribution >= 0.6 is 0 Å². The molecule has 2 rings (SSSR count). The minimum absolute atomic E-state index is 0.0935. The lowest BCUT2D eigenvalue weighted by molar-refractivity contribution is -0.130. The van der Waals surface area contributed by atoms with Crippen LogP contribution in [0.15, 0.2) is 35.2 Å². The molecule has 1 saturated carbocycles. The number of benzene rings is 1. The first-order valence-electron chi connectivity index (χ1n) is 13.2. The zero-order valence-electron chi connectivity index (χ0n) is 21.9. The summed E-state index contributed by atoms with van der Waals surface area (Å²) in [6, 6.07) is 6.07. The molecular formula is C28H42N2O6S. The predicted octanol–water partition coefficient (Wildman–Crippen LogP) is 2.58. The summed E-state index contributed by atoms with van der Waals surface area (Å²) in [7, 11) is -3.65. The number of hydrogen-bond acceptors (Lipinski definition) is 6. The Kier molecular flexibility index (Phi) is 12.6. The number of aliphatic hydroxyl groups excluding tert-OH is 2. The first-order valence-corrected chi connectivity index (χ1v) is 14.9. The number of rotatable bonds is 14. The van der Waals surface area contributed by atoms with E-state index in [2.05, 4.69) is 16.6 Å². The van der Waals surface area contributed by atoms with E-state index in [1.807, 2.05) is 13.8 Å². The monoisotopic (exact) mass is 534 g/mol. The highest BCUT2D eigenvalue weighted by Gasteiger charge is 2.33. The largest absolute Gasteiger partial charge is 0.390 e. The van der Waals surface area contributed by atoms with Crippen LogP contribution in [0.4, 0.5) is 0 Å². The summed E-state index contributed by atoms with van der Waals surface area (Å²) in [5.74, 6) is 1.29. The number of hydrogen-bond donors (Lipinski definition) is 4. The fraction of sp³-hybridized carbons (Fsp3) is 0.643. The summed E-state index contributed by atoms with van der Waals surface area (Å²) >= 11 is 0. The number of carbonyl (C=O) groups is 2. The fourth-order valence-electron chi connectivity index (χ4n) is 4.81. The maximum atomic E-state index is 13.2. The van der Waals surface area contributed by atoms with Crippen LogP contribution in [0.5, 0.6) is 0 Å². The Morgan fingerprint density at radius 2 is 1.73 bits per heavy atom. The SMILES string of the molecule is C#CC[C@@H](NC(=O)CCS(=O)(=O)c1ccccc1)C(=O)N[C@@H](CC1CCCCC1)[C@@H](O)[C@@H](O)CC(C)C. The van der Waals surface area contributed by atoms with E-state index in [0.717, 1.165) is 25.7 Å². The van der Waals surface area contributed by atoms with Crippen molar-refractivity contribution in [2.45, 2.75) is 101 Å². The first kappa shape index (κ1) is 30.8. The van der Waals surface area contributed by atoms with Crippen molar-refractivity contribution in [2.24, 2.45) is 11.8 Å². The number of aliphatic hydroxyl groups is 2. The minimum Gasteiger partial charge on any atom is -0.390 e. The quantitative estimate of drug-likeness (QED) is 0.271. The fourth-order valence-corrected chi connectivity index (χ4v) is 6.07. The zero-order chi connectivity index (χ0) is 27.4. The molecule has 1 aromatic carbocycles. The molecule has 0 unspecified atom stereocenters. The van der Waals surface area contributed by atoms with Crippen molar-refractivity contribution < 1.29 is 28.2 Å². The number of carbonyl (C=O) groups excluding carboxylic acids is 2. The summed E-state index contributed by atoms with van der Waals surface area (Å²) in [6.45, 7) is 3.89. The highest BCUT2D eigenvalue weighted by molar-refractivity contribution is 7.91. The molecule has 37 heavy (non-hydrogen) atoms. The van der Waals surface area contributed by atoms with Crippen molar-refractivity contribution >= 4 is 21.7 Å². The number of sulfone groups is 1. The minimum atomic E-state index is -3.65. The first-order chi connectivity index (χ1) is 17.5. The maximum Gasteiger partial charge on any atom is 0.243 e. The van der Waals surface area contributed by atoms with Crippen LogP contribution in [0, 0.1) is 24.2 Å². The molecule has 1 aromatic rings. The molecule has 2 amide bonds. The van der Waals surface area contributed by atoms with Crippen LogP contribution < -0.4 is 10.6 Å². The molecule has 4 N–H and O–H groups in total. The Bertz CT molecular complexity index is 999. The van der Waals surface area contributed by atoms with Gasteiger partial charge in [-0.25, -0.2) is 8.42 Å². The predicted molar refractivity (Wildman–Crippen MR) is 143 cm³/mol. The average molecular weight is 535 g/mol. The Balaban J connectivity index is 2.05. The van der Waals surface area contributed by atoms with Gasteiger partial charge in [0.05, 0.1) is 22.8 Å². The normalized spacial score (nSPS) is 17.8. The summed E-state index contributed by atoms with van der Waals surface area (Å²) in [6.07, 6.45) is 9.12. The van der Waals surface area contributed by atoms with Gasteiger partial charge in [-0.05, 0) is 36.8 Å². The molecule has 0 aliphatic heterocycles. The molecule has 0 saturated heterocycles. The summed E-state index contributed by atoms with van der Waals surface area (Å²) in [4.78, 5) is 25.8. The Hall–Kier alpha value is -2.41. The van der Waals surface area contributed by atoms with Crippen molar-refractivity contribution in [3.8, 4) is 12.3 Å². The van der Waals surface area contributed by atoms with Crippen LogP contribution in [0.2, 0.25) is 0 Å². The van der Waals surface area contributed by atoms with Gasteiger partial charge in [0.1, 0.15) is 12.1 Å². The Morgan fingerprint density at radius 3 is 2.32 bits per heavy atom. The maximum absolute atomic E-state index is 13.2. The van der Waals surface area contributed by atoms with Crippen LogP contribution in [-0.2, 0) is 19.4 Å². The number of terminal acetylenes is 1. The van der Waals surface area contributed by atoms with Crippen molar-refractivity contribution in [1.29, 1.82) is 0 Å². The second kappa shape index (κ2) is 15.1. The Labute approximate surface area is 221 Å². The summed E-state index contributed by atoms with van der Waals surface area (Å²) in [5, 5.41) is 26.9. The smallest absolute Gasteiger partial charge is 0.243 e. The summed E-state index contributed by atoms with van der Waals surface area (Å²) < 4.78 is 25.0. The molecular weight excluding hydrogens is 492 g/mol. The van der Waals surface area contributed by atoms with E-state index in [1.165, 1.54) is 18.6 Å². The molecule has 0 radical (unpaired) electrons. The molecule has 206 valence electrons.